The van der Waals surface area contributed by atoms with E-state index < -0.39 is 10.0 Å². The molecular formula is C26H28N2O4S. The lowest BCUT2D eigenvalue weighted by Crippen LogP contribution is -2.48. The van der Waals surface area contributed by atoms with Crippen LogP contribution in [0.2, 0.25) is 0 Å². The number of benzene rings is 3. The van der Waals surface area contributed by atoms with Crippen molar-refractivity contribution in [1.29, 1.82) is 0 Å². The van der Waals surface area contributed by atoms with Crippen molar-refractivity contribution in [2.45, 2.75) is 37.4 Å². The topological polar surface area (TPSA) is 75.7 Å². The lowest BCUT2D eigenvalue weighted by molar-refractivity contribution is -0.0440. The van der Waals surface area contributed by atoms with Crippen LogP contribution in [-0.2, 0) is 21.2 Å². The molecule has 1 aliphatic heterocycles. The highest BCUT2D eigenvalue weighted by molar-refractivity contribution is 7.89. The molecule has 1 saturated heterocycles. The van der Waals surface area contributed by atoms with Crippen LogP contribution in [0.1, 0.15) is 35.3 Å². The van der Waals surface area contributed by atoms with Crippen LogP contribution in [0.3, 0.4) is 0 Å². The number of ether oxygens (including phenoxy) is 1. The summed E-state index contributed by atoms with van der Waals surface area (Å²) in [7, 11) is -3.65. The van der Waals surface area contributed by atoms with Gasteiger partial charge in [0.15, 0.2) is 0 Å². The van der Waals surface area contributed by atoms with E-state index in [4.69, 9.17) is 4.74 Å². The fourth-order valence-corrected chi connectivity index (χ4v) is 5.65. The second kappa shape index (κ2) is 9.87. The lowest BCUT2D eigenvalue weighted by atomic mass is 10.0. The van der Waals surface area contributed by atoms with Gasteiger partial charge in [0.25, 0.3) is 5.91 Å². The molecular weight excluding hydrogens is 436 g/mol. The number of carbonyl (C=O) groups is 1. The van der Waals surface area contributed by atoms with Crippen LogP contribution in [-0.4, -0.2) is 43.9 Å². The van der Waals surface area contributed by atoms with E-state index in [2.05, 4.69) is 5.32 Å². The normalized spacial score (nSPS) is 19.2. The minimum atomic E-state index is -3.65. The molecule has 2 atom stereocenters. The summed E-state index contributed by atoms with van der Waals surface area (Å²) in [4.78, 5) is 13.1. The number of amides is 1. The first kappa shape index (κ1) is 23.2. The highest BCUT2D eigenvalue weighted by atomic mass is 32.2. The molecule has 3 aromatic rings. The maximum Gasteiger partial charge on any atom is 0.255 e. The Hall–Kier alpha value is -3.00. The van der Waals surface area contributed by atoms with E-state index in [-0.39, 0.29) is 23.0 Å². The van der Waals surface area contributed by atoms with Crippen molar-refractivity contribution in [3.05, 3.63) is 95.6 Å². The zero-order valence-corrected chi connectivity index (χ0v) is 19.6. The van der Waals surface area contributed by atoms with Gasteiger partial charge >= 0.3 is 0 Å². The van der Waals surface area contributed by atoms with Crippen LogP contribution < -0.4 is 5.32 Å². The average molecular weight is 465 g/mol. The Morgan fingerprint density at radius 3 is 2.18 bits per heavy atom. The van der Waals surface area contributed by atoms with Crippen LogP contribution in [0.5, 0.6) is 0 Å². The second-order valence-electron chi connectivity index (χ2n) is 8.38. The van der Waals surface area contributed by atoms with E-state index in [0.717, 1.165) is 16.8 Å². The molecule has 0 spiro atoms. The van der Waals surface area contributed by atoms with Crippen LogP contribution in [0.25, 0.3) is 0 Å². The second-order valence-corrected chi connectivity index (χ2v) is 10.3. The average Bonchev–Trinajstić information content (AvgIpc) is 2.80. The van der Waals surface area contributed by atoms with Crippen molar-refractivity contribution in [1.82, 2.24) is 4.31 Å². The van der Waals surface area contributed by atoms with Crippen molar-refractivity contribution >= 4 is 21.6 Å². The SMILES string of the molecule is CC1CN(S(=O)(=O)c2ccc(C(=O)Nc3ccccc3Cc3ccccc3)cc2)CC(C)O1. The van der Waals surface area contributed by atoms with Gasteiger partial charge in [-0.3, -0.25) is 4.79 Å². The maximum atomic E-state index is 13.0. The lowest BCUT2D eigenvalue weighted by Gasteiger charge is -2.34. The van der Waals surface area contributed by atoms with Gasteiger partial charge in [0.2, 0.25) is 10.0 Å². The summed E-state index contributed by atoms with van der Waals surface area (Å²) in [5, 5.41) is 2.96. The molecule has 1 N–H and O–H groups in total. The van der Waals surface area contributed by atoms with E-state index in [1.807, 2.05) is 68.4 Å². The Bertz CT molecular complexity index is 1200. The van der Waals surface area contributed by atoms with Crippen LogP contribution >= 0.6 is 0 Å². The minimum Gasteiger partial charge on any atom is -0.373 e. The number of hydrogen-bond donors (Lipinski definition) is 1. The molecule has 7 heteroatoms. The van der Waals surface area contributed by atoms with Gasteiger partial charge in [0.05, 0.1) is 17.1 Å². The first-order valence-corrected chi connectivity index (χ1v) is 12.5. The number of sulfonamides is 1. The molecule has 3 aromatic carbocycles. The summed E-state index contributed by atoms with van der Waals surface area (Å²) < 4.78 is 33.2. The number of carbonyl (C=O) groups excluding carboxylic acids is 1. The molecule has 1 amide bonds. The summed E-state index contributed by atoms with van der Waals surface area (Å²) in [6.07, 6.45) is 0.374. The van der Waals surface area contributed by atoms with E-state index in [1.165, 1.54) is 16.4 Å². The fraction of sp³-hybridized carbons (Fsp3) is 0.269. The van der Waals surface area contributed by atoms with Gasteiger partial charge in [-0.15, -0.1) is 0 Å². The van der Waals surface area contributed by atoms with E-state index in [1.54, 1.807) is 12.1 Å². The zero-order valence-electron chi connectivity index (χ0n) is 18.8. The number of nitrogens with zero attached hydrogens (tertiary/aromatic N) is 1. The Kier molecular flexibility index (Phi) is 6.93. The van der Waals surface area contributed by atoms with Crippen LogP contribution in [0, 0.1) is 0 Å². The van der Waals surface area contributed by atoms with Crippen molar-refractivity contribution < 1.29 is 17.9 Å². The Balaban J connectivity index is 1.48. The van der Waals surface area contributed by atoms with Crippen molar-refractivity contribution in [2.75, 3.05) is 18.4 Å². The standard InChI is InChI=1S/C26H28N2O4S/c1-19-17-28(18-20(2)32-19)33(30,31)24-14-12-22(13-15-24)26(29)27-25-11-7-6-10-23(25)16-21-8-4-3-5-9-21/h3-15,19-20H,16-18H2,1-2H3,(H,27,29). The van der Waals surface area contributed by atoms with Crippen molar-refractivity contribution in [2.24, 2.45) is 0 Å². The molecule has 0 saturated carbocycles. The van der Waals surface area contributed by atoms with Crippen LogP contribution in [0.4, 0.5) is 5.69 Å². The first-order chi connectivity index (χ1) is 15.8. The summed E-state index contributed by atoms with van der Waals surface area (Å²) in [5.41, 5.74) is 3.29. The first-order valence-electron chi connectivity index (χ1n) is 11.0. The van der Waals surface area contributed by atoms with Gasteiger partial charge in [0, 0.05) is 24.3 Å². The zero-order chi connectivity index (χ0) is 23.4. The molecule has 0 aliphatic carbocycles. The highest BCUT2D eigenvalue weighted by Crippen LogP contribution is 2.23. The van der Waals surface area contributed by atoms with Crippen molar-refractivity contribution in [3.63, 3.8) is 0 Å². The molecule has 1 aliphatic rings. The molecule has 1 heterocycles. The Morgan fingerprint density at radius 2 is 1.52 bits per heavy atom. The molecule has 172 valence electrons. The molecule has 0 radical (unpaired) electrons. The smallest absolute Gasteiger partial charge is 0.255 e. The van der Waals surface area contributed by atoms with E-state index >= 15 is 0 Å². The maximum absolute atomic E-state index is 13.0. The molecule has 0 bridgehead atoms. The molecule has 0 aromatic heterocycles. The summed E-state index contributed by atoms with van der Waals surface area (Å²) in [5.74, 6) is -0.284. The van der Waals surface area contributed by atoms with Gasteiger partial charge < -0.3 is 10.1 Å². The molecule has 2 unspecified atom stereocenters. The minimum absolute atomic E-state index is 0.162. The predicted molar refractivity (Wildman–Crippen MR) is 129 cm³/mol. The van der Waals surface area contributed by atoms with Gasteiger partial charge in [-0.05, 0) is 61.7 Å². The molecule has 6 nitrogen and oxygen atoms in total. The largest absolute Gasteiger partial charge is 0.373 e. The Labute approximate surface area is 195 Å². The fourth-order valence-electron chi connectivity index (χ4n) is 4.06. The third kappa shape index (κ3) is 5.50. The molecule has 4 rings (SSSR count). The van der Waals surface area contributed by atoms with Gasteiger partial charge in [-0.1, -0.05) is 48.5 Å². The third-order valence-corrected chi connectivity index (χ3v) is 7.49. The number of para-hydroxylation sites is 1. The van der Waals surface area contributed by atoms with E-state index in [0.29, 0.717) is 25.1 Å². The quantitative estimate of drug-likeness (QED) is 0.589. The van der Waals surface area contributed by atoms with Gasteiger partial charge in [0.1, 0.15) is 0 Å². The van der Waals surface area contributed by atoms with Gasteiger partial charge in [-0.2, -0.15) is 4.31 Å². The van der Waals surface area contributed by atoms with Gasteiger partial charge in [-0.25, -0.2) is 8.42 Å². The predicted octanol–water partition coefficient (Wildman–Crippen LogP) is 4.33. The monoisotopic (exact) mass is 464 g/mol. The number of hydrogen-bond acceptors (Lipinski definition) is 4. The van der Waals surface area contributed by atoms with Crippen molar-refractivity contribution in [3.8, 4) is 0 Å². The summed E-state index contributed by atoms with van der Waals surface area (Å²) in [6.45, 7) is 4.35. The summed E-state index contributed by atoms with van der Waals surface area (Å²) >= 11 is 0. The number of anilines is 1. The summed E-state index contributed by atoms with van der Waals surface area (Å²) in [6, 6.07) is 23.8. The third-order valence-electron chi connectivity index (χ3n) is 5.64. The molecule has 1 fully saturated rings. The number of rotatable bonds is 6. The highest BCUT2D eigenvalue weighted by Gasteiger charge is 2.32. The Morgan fingerprint density at radius 1 is 0.909 bits per heavy atom. The van der Waals surface area contributed by atoms with E-state index in [9.17, 15) is 13.2 Å². The number of nitrogens with one attached hydrogen (secondary N) is 1. The number of morpholine rings is 1. The molecule has 33 heavy (non-hydrogen) atoms. The van der Waals surface area contributed by atoms with Crippen LogP contribution in [0.15, 0.2) is 83.8 Å².